The molecule has 4 heteroatoms. The van der Waals surface area contributed by atoms with Crippen molar-refractivity contribution >= 4 is 0 Å². The van der Waals surface area contributed by atoms with Gasteiger partial charge in [0.1, 0.15) is 11.5 Å². The van der Waals surface area contributed by atoms with Gasteiger partial charge in [0.15, 0.2) is 0 Å². The van der Waals surface area contributed by atoms with Gasteiger partial charge in [-0.2, -0.15) is 0 Å². The van der Waals surface area contributed by atoms with Gasteiger partial charge < -0.3 is 19.9 Å². The molecule has 0 bridgehead atoms. The van der Waals surface area contributed by atoms with Crippen molar-refractivity contribution in [2.45, 2.75) is 38.5 Å². The highest BCUT2D eigenvalue weighted by Gasteiger charge is 2.18. The molecule has 2 aromatic rings. The minimum Gasteiger partial charge on any atom is -0.497 e. The summed E-state index contributed by atoms with van der Waals surface area (Å²) in [5.74, 6) is 1.65. The van der Waals surface area contributed by atoms with E-state index in [0.29, 0.717) is 0 Å². The molecule has 4 nitrogen and oxygen atoms in total. The number of ether oxygens (including phenoxy) is 2. The van der Waals surface area contributed by atoms with Crippen molar-refractivity contribution in [3.8, 4) is 11.5 Å². The van der Waals surface area contributed by atoms with Crippen LogP contribution in [0.4, 0.5) is 0 Å². The van der Waals surface area contributed by atoms with Crippen LogP contribution in [0.15, 0.2) is 48.5 Å². The monoisotopic (exact) mass is 329 g/mol. The Morgan fingerprint density at radius 3 is 1.88 bits per heavy atom. The Labute approximate surface area is 144 Å². The van der Waals surface area contributed by atoms with E-state index in [-0.39, 0.29) is 12.1 Å². The fourth-order valence-corrected chi connectivity index (χ4v) is 2.80. The van der Waals surface area contributed by atoms with E-state index in [1.54, 1.807) is 14.2 Å². The maximum Gasteiger partial charge on any atom is 0.118 e. The Morgan fingerprint density at radius 1 is 0.875 bits per heavy atom. The smallest absolute Gasteiger partial charge is 0.118 e. The fraction of sp³-hybridized carbons (Fsp3) is 0.400. The Bertz CT molecular complexity index is 610. The van der Waals surface area contributed by atoms with Crippen LogP contribution in [0.5, 0.6) is 11.5 Å². The summed E-state index contributed by atoms with van der Waals surface area (Å²) in [6.45, 7) is 4.13. The van der Waals surface area contributed by atoms with Crippen molar-refractivity contribution in [3.05, 3.63) is 59.7 Å². The molecular weight excluding hydrogens is 302 g/mol. The minimum atomic E-state index is -0.561. The molecule has 0 heterocycles. The van der Waals surface area contributed by atoms with Crippen LogP contribution in [0.3, 0.4) is 0 Å². The van der Waals surface area contributed by atoms with Gasteiger partial charge >= 0.3 is 0 Å². The van der Waals surface area contributed by atoms with Gasteiger partial charge in [0, 0.05) is 12.1 Å². The molecule has 24 heavy (non-hydrogen) atoms. The van der Waals surface area contributed by atoms with E-state index in [1.165, 1.54) is 5.56 Å². The van der Waals surface area contributed by atoms with Gasteiger partial charge in [-0.15, -0.1) is 0 Å². The molecule has 3 unspecified atom stereocenters. The Balaban J connectivity index is 1.90. The highest BCUT2D eigenvalue weighted by molar-refractivity contribution is 5.29. The van der Waals surface area contributed by atoms with Gasteiger partial charge in [-0.3, -0.25) is 0 Å². The summed E-state index contributed by atoms with van der Waals surface area (Å²) >= 11 is 0. The summed E-state index contributed by atoms with van der Waals surface area (Å²) in [5, 5.41) is 14.0. The molecule has 2 N–H and O–H groups in total. The maximum absolute atomic E-state index is 10.5. The number of rotatable bonds is 8. The van der Waals surface area contributed by atoms with Crippen LogP contribution in [0, 0.1) is 0 Å². The van der Waals surface area contributed by atoms with E-state index in [1.807, 2.05) is 43.3 Å². The quantitative estimate of drug-likeness (QED) is 0.780. The largest absolute Gasteiger partial charge is 0.497 e. The molecule has 0 saturated heterocycles. The Hall–Kier alpha value is -2.04. The molecule has 0 aliphatic rings. The van der Waals surface area contributed by atoms with E-state index >= 15 is 0 Å². The summed E-state index contributed by atoms with van der Waals surface area (Å²) in [6, 6.07) is 15.8. The van der Waals surface area contributed by atoms with Crippen molar-refractivity contribution in [2.24, 2.45) is 0 Å². The lowest BCUT2D eigenvalue weighted by Gasteiger charge is -2.25. The molecule has 0 fully saturated rings. The fourth-order valence-electron chi connectivity index (χ4n) is 2.80. The second-order valence-electron chi connectivity index (χ2n) is 6.13. The molecule has 3 atom stereocenters. The molecule has 0 aliphatic carbocycles. The standard InChI is InChI=1S/C20H27NO3/c1-14(13-16-5-9-18(23-3)10-6-16)21-15(2)20(22)17-7-11-19(24-4)12-8-17/h5-12,14-15,20-22H,13H2,1-4H3. The highest BCUT2D eigenvalue weighted by Crippen LogP contribution is 2.21. The van der Waals surface area contributed by atoms with Gasteiger partial charge in [0.05, 0.1) is 20.3 Å². The zero-order chi connectivity index (χ0) is 17.5. The van der Waals surface area contributed by atoms with Gasteiger partial charge in [-0.25, -0.2) is 0 Å². The molecule has 0 amide bonds. The van der Waals surface area contributed by atoms with Crippen LogP contribution in [0.1, 0.15) is 31.1 Å². The Kier molecular flexibility index (Phi) is 6.64. The summed E-state index contributed by atoms with van der Waals surface area (Å²) in [6.07, 6.45) is 0.332. The zero-order valence-electron chi connectivity index (χ0n) is 14.8. The molecule has 0 saturated carbocycles. The molecule has 0 aliphatic heterocycles. The lowest BCUT2D eigenvalue weighted by Crippen LogP contribution is -2.39. The topological polar surface area (TPSA) is 50.7 Å². The number of hydrogen-bond acceptors (Lipinski definition) is 4. The molecule has 0 radical (unpaired) electrons. The second kappa shape index (κ2) is 8.71. The average Bonchev–Trinajstić information content (AvgIpc) is 2.61. The molecule has 2 aromatic carbocycles. The summed E-state index contributed by atoms with van der Waals surface area (Å²) < 4.78 is 10.3. The van der Waals surface area contributed by atoms with Crippen molar-refractivity contribution < 1.29 is 14.6 Å². The van der Waals surface area contributed by atoms with Gasteiger partial charge in [-0.1, -0.05) is 24.3 Å². The van der Waals surface area contributed by atoms with Crippen molar-refractivity contribution in [3.63, 3.8) is 0 Å². The first-order valence-electron chi connectivity index (χ1n) is 8.24. The van der Waals surface area contributed by atoms with E-state index < -0.39 is 6.10 Å². The molecule has 2 rings (SSSR count). The second-order valence-corrected chi connectivity index (χ2v) is 6.13. The average molecular weight is 329 g/mol. The van der Waals surface area contributed by atoms with Crippen molar-refractivity contribution in [1.29, 1.82) is 0 Å². The normalized spacial score (nSPS) is 14.7. The molecule has 130 valence electrons. The van der Waals surface area contributed by atoms with E-state index in [2.05, 4.69) is 24.4 Å². The number of aliphatic hydroxyl groups is 1. The number of nitrogens with one attached hydrogen (secondary N) is 1. The van der Waals surface area contributed by atoms with Crippen LogP contribution in [0.2, 0.25) is 0 Å². The van der Waals surface area contributed by atoms with E-state index in [9.17, 15) is 5.11 Å². The van der Waals surface area contributed by atoms with Gasteiger partial charge in [0.2, 0.25) is 0 Å². The van der Waals surface area contributed by atoms with E-state index in [0.717, 1.165) is 23.5 Å². The highest BCUT2D eigenvalue weighted by atomic mass is 16.5. The molecule has 0 spiro atoms. The minimum absolute atomic E-state index is 0.0494. The van der Waals surface area contributed by atoms with Crippen molar-refractivity contribution in [1.82, 2.24) is 5.32 Å². The van der Waals surface area contributed by atoms with Crippen molar-refractivity contribution in [2.75, 3.05) is 14.2 Å². The zero-order valence-corrected chi connectivity index (χ0v) is 14.8. The predicted molar refractivity (Wildman–Crippen MR) is 96.7 cm³/mol. The van der Waals surface area contributed by atoms with Crippen LogP contribution in [0.25, 0.3) is 0 Å². The lowest BCUT2D eigenvalue weighted by atomic mass is 10.0. The van der Waals surface area contributed by atoms with Gasteiger partial charge in [0.25, 0.3) is 0 Å². The third-order valence-corrected chi connectivity index (χ3v) is 4.18. The Morgan fingerprint density at radius 2 is 1.38 bits per heavy atom. The number of methoxy groups -OCH3 is 2. The van der Waals surface area contributed by atoms with Crippen LogP contribution < -0.4 is 14.8 Å². The number of benzene rings is 2. The predicted octanol–water partition coefficient (Wildman–Crippen LogP) is 3.35. The molecule has 0 aromatic heterocycles. The first-order valence-corrected chi connectivity index (χ1v) is 8.24. The van der Waals surface area contributed by atoms with Crippen LogP contribution in [-0.2, 0) is 6.42 Å². The summed E-state index contributed by atoms with van der Waals surface area (Å²) in [5.41, 5.74) is 2.12. The van der Waals surface area contributed by atoms with Gasteiger partial charge in [-0.05, 0) is 55.7 Å². The number of hydrogen-bond donors (Lipinski definition) is 2. The lowest BCUT2D eigenvalue weighted by molar-refractivity contribution is 0.130. The first-order chi connectivity index (χ1) is 11.5. The van der Waals surface area contributed by atoms with Crippen LogP contribution >= 0.6 is 0 Å². The first kappa shape index (κ1) is 18.3. The molecular formula is C20H27NO3. The SMILES string of the molecule is COc1ccc(CC(C)NC(C)C(O)c2ccc(OC)cc2)cc1. The summed E-state index contributed by atoms with van der Waals surface area (Å²) in [4.78, 5) is 0. The third kappa shape index (κ3) is 4.98. The van der Waals surface area contributed by atoms with E-state index in [4.69, 9.17) is 9.47 Å². The maximum atomic E-state index is 10.5. The summed E-state index contributed by atoms with van der Waals surface area (Å²) in [7, 11) is 3.30. The van der Waals surface area contributed by atoms with Crippen LogP contribution in [-0.4, -0.2) is 31.4 Å². The third-order valence-electron chi connectivity index (χ3n) is 4.18. The number of aliphatic hydroxyl groups excluding tert-OH is 1.